The molecule has 1 aromatic rings. The van der Waals surface area contributed by atoms with Crippen molar-refractivity contribution in [3.05, 3.63) is 42.1 Å². The smallest absolute Gasteiger partial charge is 0.211 e. The number of allylic oxidation sites excluding steroid dienone is 1. The Balaban J connectivity index is 2.76. The number of hydrogen-bond acceptors (Lipinski definition) is 4. The average Bonchev–Trinajstić information content (AvgIpc) is 2.22. The highest BCUT2D eigenvalue weighted by Gasteiger charge is 1.96. The van der Waals surface area contributed by atoms with Crippen LogP contribution in [0.4, 0.5) is 5.69 Å². The van der Waals surface area contributed by atoms with Crippen molar-refractivity contribution < 1.29 is 9.59 Å². The van der Waals surface area contributed by atoms with Crippen LogP contribution in [0.25, 0.3) is 0 Å². The fourth-order valence-corrected chi connectivity index (χ4v) is 1.08. The lowest BCUT2D eigenvalue weighted by molar-refractivity contribution is 0.564. The summed E-state index contributed by atoms with van der Waals surface area (Å²) in [6, 6.07) is 6.92. The van der Waals surface area contributed by atoms with E-state index in [4.69, 9.17) is 0 Å². The van der Waals surface area contributed by atoms with Crippen molar-refractivity contribution >= 4 is 17.8 Å². The molecule has 0 spiro atoms. The molecule has 0 radical (unpaired) electrons. The van der Waals surface area contributed by atoms with Crippen LogP contribution in [-0.4, -0.2) is 12.2 Å². The summed E-state index contributed by atoms with van der Waals surface area (Å²) in [6.07, 6.45) is 3.35. The second kappa shape index (κ2) is 5.45. The van der Waals surface area contributed by atoms with E-state index in [0.29, 0.717) is 17.8 Å². The third kappa shape index (κ3) is 3.53. The molecule has 15 heavy (non-hydrogen) atoms. The largest absolute Gasteiger partial charge is 0.240 e. The molecule has 0 bridgehead atoms. The second-order valence-corrected chi connectivity index (χ2v) is 2.82. The highest BCUT2D eigenvalue weighted by molar-refractivity contribution is 5.49. The Hall–Kier alpha value is -2.28. The number of hydrogen-bond donors (Lipinski definition) is 0. The zero-order chi connectivity index (χ0) is 11.1. The van der Waals surface area contributed by atoms with Gasteiger partial charge >= 0.3 is 0 Å². The quantitative estimate of drug-likeness (QED) is 0.551. The Morgan fingerprint density at radius 2 is 1.87 bits per heavy atom. The Morgan fingerprint density at radius 3 is 2.40 bits per heavy atom. The van der Waals surface area contributed by atoms with Gasteiger partial charge in [-0.05, 0) is 17.7 Å². The molecule has 0 saturated carbocycles. The lowest BCUT2D eigenvalue weighted by Gasteiger charge is -1.98. The molecule has 0 unspecified atom stereocenters. The summed E-state index contributed by atoms with van der Waals surface area (Å²) in [6.45, 7) is 3.58. The predicted molar refractivity (Wildman–Crippen MR) is 55.2 cm³/mol. The van der Waals surface area contributed by atoms with Gasteiger partial charge in [0.25, 0.3) is 0 Å². The van der Waals surface area contributed by atoms with Gasteiger partial charge in [0.05, 0.1) is 11.4 Å². The number of benzene rings is 1. The molecule has 0 fully saturated rings. The number of aliphatic imine (C=N–C) groups is 2. The summed E-state index contributed by atoms with van der Waals surface area (Å²) in [4.78, 5) is 26.7. The SMILES string of the molecule is C=C(Cc1ccc(N=C=O)cc1)N=C=O. The van der Waals surface area contributed by atoms with Crippen LogP contribution in [-0.2, 0) is 16.0 Å². The highest BCUT2D eigenvalue weighted by Crippen LogP contribution is 2.14. The van der Waals surface area contributed by atoms with Crippen molar-refractivity contribution in [2.24, 2.45) is 9.98 Å². The third-order valence-corrected chi connectivity index (χ3v) is 1.72. The van der Waals surface area contributed by atoms with E-state index in [9.17, 15) is 9.59 Å². The van der Waals surface area contributed by atoms with Crippen molar-refractivity contribution in [3.8, 4) is 0 Å². The van der Waals surface area contributed by atoms with E-state index in [1.807, 2.05) is 0 Å². The predicted octanol–water partition coefficient (Wildman–Crippen LogP) is 2.05. The first-order valence-corrected chi connectivity index (χ1v) is 4.18. The van der Waals surface area contributed by atoms with Crippen LogP contribution in [0.15, 0.2) is 46.5 Å². The molecule has 0 atom stereocenters. The van der Waals surface area contributed by atoms with Gasteiger partial charge in [-0.2, -0.15) is 9.98 Å². The zero-order valence-electron chi connectivity index (χ0n) is 7.93. The van der Waals surface area contributed by atoms with Crippen LogP contribution >= 0.6 is 0 Å². The van der Waals surface area contributed by atoms with Crippen molar-refractivity contribution in [1.29, 1.82) is 0 Å². The van der Waals surface area contributed by atoms with Gasteiger partial charge in [0.2, 0.25) is 12.2 Å². The summed E-state index contributed by atoms with van der Waals surface area (Å²) in [5, 5.41) is 0. The van der Waals surface area contributed by atoms with Gasteiger partial charge < -0.3 is 0 Å². The molecule has 4 nitrogen and oxygen atoms in total. The molecule has 4 heteroatoms. The number of isocyanates is 2. The van der Waals surface area contributed by atoms with E-state index in [0.717, 1.165) is 5.56 Å². The third-order valence-electron chi connectivity index (χ3n) is 1.72. The molecule has 0 aliphatic heterocycles. The molecule has 1 aromatic carbocycles. The Kier molecular flexibility index (Phi) is 3.92. The number of nitrogens with zero attached hydrogens (tertiary/aromatic N) is 2. The van der Waals surface area contributed by atoms with E-state index in [1.165, 1.54) is 12.2 Å². The van der Waals surface area contributed by atoms with Crippen molar-refractivity contribution in [3.63, 3.8) is 0 Å². The molecular weight excluding hydrogens is 192 g/mol. The first kappa shape index (κ1) is 10.8. The molecule has 0 amide bonds. The number of rotatable bonds is 4. The molecule has 0 aliphatic rings. The van der Waals surface area contributed by atoms with E-state index < -0.39 is 0 Å². The summed E-state index contributed by atoms with van der Waals surface area (Å²) in [5.74, 6) is 0. The van der Waals surface area contributed by atoms with Crippen molar-refractivity contribution in [2.75, 3.05) is 0 Å². The fraction of sp³-hybridized carbons (Fsp3) is 0.0909. The fourth-order valence-electron chi connectivity index (χ4n) is 1.08. The molecule has 74 valence electrons. The van der Waals surface area contributed by atoms with Gasteiger partial charge in [0.1, 0.15) is 0 Å². The maximum Gasteiger partial charge on any atom is 0.240 e. The molecule has 1 rings (SSSR count). The van der Waals surface area contributed by atoms with Gasteiger partial charge in [-0.15, -0.1) is 0 Å². The van der Waals surface area contributed by atoms with Crippen LogP contribution in [0, 0.1) is 0 Å². The van der Waals surface area contributed by atoms with E-state index in [1.54, 1.807) is 24.3 Å². The molecule has 0 heterocycles. The molecule has 0 aromatic heterocycles. The first-order valence-electron chi connectivity index (χ1n) is 4.18. The summed E-state index contributed by atoms with van der Waals surface area (Å²) < 4.78 is 0. The molecule has 0 saturated heterocycles. The summed E-state index contributed by atoms with van der Waals surface area (Å²) in [7, 11) is 0. The van der Waals surface area contributed by atoms with Crippen molar-refractivity contribution in [1.82, 2.24) is 0 Å². The molecule has 0 N–H and O–H groups in total. The standard InChI is InChI=1S/C11H8N2O2/c1-9(12-7-14)6-10-2-4-11(5-3-10)13-8-15/h2-5H,1,6H2. The topological polar surface area (TPSA) is 58.9 Å². The minimum atomic E-state index is 0.441. The zero-order valence-corrected chi connectivity index (χ0v) is 7.93. The first-order chi connectivity index (χ1) is 7.26. The van der Waals surface area contributed by atoms with Crippen molar-refractivity contribution in [2.45, 2.75) is 6.42 Å². The second-order valence-electron chi connectivity index (χ2n) is 2.82. The summed E-state index contributed by atoms with van der Waals surface area (Å²) >= 11 is 0. The van der Waals surface area contributed by atoms with Gasteiger partial charge in [0.15, 0.2) is 0 Å². The maximum absolute atomic E-state index is 9.96. The van der Waals surface area contributed by atoms with Crippen LogP contribution in [0.1, 0.15) is 5.56 Å². The van der Waals surface area contributed by atoms with Crippen LogP contribution in [0.2, 0.25) is 0 Å². The average molecular weight is 200 g/mol. The van der Waals surface area contributed by atoms with Gasteiger partial charge in [-0.3, -0.25) is 0 Å². The van der Waals surface area contributed by atoms with E-state index in [2.05, 4.69) is 16.6 Å². The molecule has 0 aliphatic carbocycles. The number of carbonyl (C=O) groups excluding carboxylic acids is 2. The highest BCUT2D eigenvalue weighted by atomic mass is 16.1. The normalized spacial score (nSPS) is 8.53. The Labute approximate surface area is 86.7 Å². The minimum absolute atomic E-state index is 0.441. The maximum atomic E-state index is 9.96. The van der Waals surface area contributed by atoms with E-state index >= 15 is 0 Å². The monoisotopic (exact) mass is 200 g/mol. The lowest BCUT2D eigenvalue weighted by atomic mass is 10.1. The lowest BCUT2D eigenvalue weighted by Crippen LogP contribution is -1.85. The van der Waals surface area contributed by atoms with Gasteiger partial charge in [0, 0.05) is 6.42 Å². The Bertz CT molecular complexity index is 450. The van der Waals surface area contributed by atoms with Crippen LogP contribution in [0.3, 0.4) is 0 Å². The minimum Gasteiger partial charge on any atom is -0.211 e. The summed E-state index contributed by atoms with van der Waals surface area (Å²) in [5.41, 5.74) is 1.92. The van der Waals surface area contributed by atoms with Gasteiger partial charge in [-0.1, -0.05) is 18.7 Å². The van der Waals surface area contributed by atoms with Crippen LogP contribution in [0.5, 0.6) is 0 Å². The van der Waals surface area contributed by atoms with Gasteiger partial charge in [-0.25, -0.2) is 9.59 Å². The molecular formula is C11H8N2O2. The van der Waals surface area contributed by atoms with Crippen LogP contribution < -0.4 is 0 Å². The Morgan fingerprint density at radius 1 is 1.20 bits per heavy atom. The van der Waals surface area contributed by atoms with E-state index in [-0.39, 0.29) is 0 Å².